The molecule has 0 unspecified atom stereocenters. The first-order valence-corrected chi connectivity index (χ1v) is 20.4. The van der Waals surface area contributed by atoms with Crippen LogP contribution in [0.25, 0.3) is 17.0 Å². The summed E-state index contributed by atoms with van der Waals surface area (Å²) in [5.74, 6) is -6.74. The minimum atomic E-state index is -2.60. The largest absolute Gasteiger partial charge is 0.391 e. The van der Waals surface area contributed by atoms with Crippen LogP contribution in [0.15, 0.2) is 79.0 Å². The number of allylic oxidation sites excluding steroid dienone is 2. The number of rotatable bonds is 9. The molecule has 0 saturated carbocycles. The molecule has 1 aromatic heterocycles. The van der Waals surface area contributed by atoms with Gasteiger partial charge in [-0.05, 0) is 23.6 Å². The Morgan fingerprint density at radius 3 is 2.31 bits per heavy atom. The molecule has 2 saturated heterocycles. The van der Waals surface area contributed by atoms with E-state index in [1.807, 2.05) is 36.4 Å². The second-order valence-electron chi connectivity index (χ2n) is 15.6. The topological polar surface area (TPSA) is 321 Å². The molecule has 7 amide bonds. The van der Waals surface area contributed by atoms with Crippen molar-refractivity contribution in [1.29, 1.82) is 0 Å². The van der Waals surface area contributed by atoms with E-state index in [9.17, 15) is 59.1 Å². The molecular formula is C43H54N8O13. The minimum absolute atomic E-state index is 0.0539. The Kier molecular flexibility index (Phi) is 16.9. The van der Waals surface area contributed by atoms with Gasteiger partial charge < -0.3 is 72.1 Å². The number of carbonyl (C=O) groups excluding carboxylic acids is 7. The fourth-order valence-corrected chi connectivity index (χ4v) is 7.27. The number of aliphatic hydroxyl groups is 5. The highest BCUT2D eigenvalue weighted by atomic mass is 16.5. The Morgan fingerprint density at radius 2 is 1.58 bits per heavy atom. The van der Waals surface area contributed by atoms with Crippen molar-refractivity contribution in [1.82, 2.24) is 41.8 Å². The van der Waals surface area contributed by atoms with Crippen LogP contribution in [-0.4, -0.2) is 165 Å². The van der Waals surface area contributed by atoms with Gasteiger partial charge in [-0.3, -0.25) is 33.6 Å². The second-order valence-corrected chi connectivity index (χ2v) is 15.6. The zero-order valence-corrected chi connectivity index (χ0v) is 35.1. The van der Waals surface area contributed by atoms with Gasteiger partial charge in [-0.1, -0.05) is 72.8 Å². The van der Waals surface area contributed by atoms with E-state index >= 15 is 0 Å². The zero-order valence-electron chi connectivity index (χ0n) is 35.1. The number of likely N-dealkylation sites (N-methyl/N-ethyl adjacent to an activating group) is 1. The van der Waals surface area contributed by atoms with E-state index in [2.05, 4.69) is 36.9 Å². The summed E-state index contributed by atoms with van der Waals surface area (Å²) >= 11 is 0. The fourth-order valence-electron chi connectivity index (χ4n) is 7.27. The first kappa shape index (κ1) is 48.5. The Labute approximate surface area is 367 Å². The van der Waals surface area contributed by atoms with E-state index < -0.39 is 128 Å². The molecule has 2 aliphatic rings. The van der Waals surface area contributed by atoms with Gasteiger partial charge in [0, 0.05) is 44.2 Å². The Balaban J connectivity index is 1.39. The quantitative estimate of drug-likeness (QED) is 0.0934. The number of aromatic nitrogens is 1. The zero-order chi connectivity index (χ0) is 46.6. The van der Waals surface area contributed by atoms with Crippen LogP contribution in [0.2, 0.25) is 0 Å². The molecule has 0 bridgehead atoms. The summed E-state index contributed by atoms with van der Waals surface area (Å²) in [5.41, 5.74) is -0.311. The van der Waals surface area contributed by atoms with Crippen LogP contribution < -0.4 is 31.9 Å². The number of H-pyrrole nitrogens is 1. The number of aromatic amines is 1. The molecule has 3 heterocycles. The van der Waals surface area contributed by atoms with Crippen LogP contribution >= 0.6 is 0 Å². The van der Waals surface area contributed by atoms with Gasteiger partial charge in [0.05, 0.1) is 44.2 Å². The van der Waals surface area contributed by atoms with Crippen molar-refractivity contribution in [3.63, 3.8) is 0 Å². The third-order valence-corrected chi connectivity index (χ3v) is 10.7. The number of fused-ring (bicyclic) bond motifs is 2. The number of methoxy groups -OCH3 is 1. The number of hydrogen-bond donors (Lipinski definition) is 12. The summed E-state index contributed by atoms with van der Waals surface area (Å²) < 4.78 is 5.22. The van der Waals surface area contributed by atoms with Gasteiger partial charge in [0.25, 0.3) is 11.8 Å². The first-order chi connectivity index (χ1) is 30.5. The summed E-state index contributed by atoms with van der Waals surface area (Å²) in [4.78, 5) is 97.2. The SMILES string of the molecule is CO[C@H]1C(=O)N[C@]2(O)CC(=O)N(C)CC(=O)N[C@H](Cc3c[nH]c4ccccc34)C(=O)NCC(=O)NC[C@@H](O)CC(=O)N[C@H]([C@H](O)[C@@H](O)CC=C/C=C/c3ccccc3)[C@H](O)C(=O)N[C@@H]12. The predicted octanol–water partition coefficient (Wildman–Crippen LogP) is -3.41. The molecule has 344 valence electrons. The summed E-state index contributed by atoms with van der Waals surface area (Å²) in [6.45, 7) is -1.80. The number of benzene rings is 2. The van der Waals surface area contributed by atoms with E-state index in [0.717, 1.165) is 28.5 Å². The molecule has 2 aliphatic heterocycles. The molecule has 0 spiro atoms. The van der Waals surface area contributed by atoms with Gasteiger partial charge in [-0.2, -0.15) is 0 Å². The summed E-state index contributed by atoms with van der Waals surface area (Å²) in [6.07, 6.45) is -3.25. The van der Waals surface area contributed by atoms with E-state index in [-0.39, 0.29) is 12.8 Å². The molecule has 3 aromatic rings. The van der Waals surface area contributed by atoms with Gasteiger partial charge in [0.15, 0.2) is 17.9 Å². The molecule has 5 rings (SSSR count). The van der Waals surface area contributed by atoms with Gasteiger partial charge in [-0.25, -0.2) is 0 Å². The molecule has 2 fully saturated rings. The molecule has 21 heteroatoms. The van der Waals surface area contributed by atoms with Crippen molar-refractivity contribution in [2.45, 2.75) is 80.1 Å². The molecule has 0 radical (unpaired) electrons. The maximum atomic E-state index is 13.7. The third kappa shape index (κ3) is 12.8. The van der Waals surface area contributed by atoms with Crippen molar-refractivity contribution >= 4 is 58.3 Å². The van der Waals surface area contributed by atoms with E-state index in [4.69, 9.17) is 4.74 Å². The van der Waals surface area contributed by atoms with E-state index in [1.54, 1.807) is 42.6 Å². The predicted molar refractivity (Wildman–Crippen MR) is 228 cm³/mol. The molecule has 0 aliphatic carbocycles. The Bertz CT molecular complexity index is 2220. The number of carbonyl (C=O) groups is 7. The van der Waals surface area contributed by atoms with Crippen molar-refractivity contribution in [2.75, 3.05) is 33.8 Å². The number of amides is 7. The number of hydrogen-bond acceptors (Lipinski definition) is 13. The lowest BCUT2D eigenvalue weighted by molar-refractivity contribution is -0.146. The molecule has 64 heavy (non-hydrogen) atoms. The minimum Gasteiger partial charge on any atom is -0.391 e. The number of β-amino-alcohol motifs (C(OH)–C–C–N with tert-alkyl or cyclic N) is 1. The monoisotopic (exact) mass is 890 g/mol. The van der Waals surface area contributed by atoms with Crippen molar-refractivity contribution in [3.05, 3.63) is 90.1 Å². The van der Waals surface area contributed by atoms with Crippen LogP contribution in [0.4, 0.5) is 0 Å². The van der Waals surface area contributed by atoms with Crippen molar-refractivity contribution < 1.29 is 63.8 Å². The first-order valence-electron chi connectivity index (χ1n) is 20.4. The molecule has 2 aromatic carbocycles. The average Bonchev–Trinajstić information content (AvgIpc) is 3.78. The summed E-state index contributed by atoms with van der Waals surface area (Å²) in [7, 11) is 2.28. The van der Waals surface area contributed by atoms with E-state index in [0.29, 0.717) is 5.56 Å². The van der Waals surface area contributed by atoms with Crippen LogP contribution in [0.5, 0.6) is 0 Å². The normalized spacial score (nSPS) is 27.3. The third-order valence-electron chi connectivity index (χ3n) is 10.7. The highest BCUT2D eigenvalue weighted by molar-refractivity contribution is 5.94. The fraction of sp³-hybridized carbons (Fsp3) is 0.419. The number of ether oxygens (including phenoxy) is 1. The molecular weight excluding hydrogens is 837 g/mol. The maximum Gasteiger partial charge on any atom is 0.253 e. The van der Waals surface area contributed by atoms with Gasteiger partial charge in [0.2, 0.25) is 29.5 Å². The number of aliphatic hydroxyl groups excluding tert-OH is 4. The van der Waals surface area contributed by atoms with Crippen LogP contribution in [0.1, 0.15) is 30.4 Å². The Morgan fingerprint density at radius 1 is 0.859 bits per heavy atom. The number of nitrogens with one attached hydrogen (secondary N) is 7. The van der Waals surface area contributed by atoms with Gasteiger partial charge in [-0.15, -0.1) is 0 Å². The van der Waals surface area contributed by atoms with Crippen LogP contribution in [-0.2, 0) is 44.7 Å². The lowest BCUT2D eigenvalue weighted by Gasteiger charge is -2.34. The highest BCUT2D eigenvalue weighted by Gasteiger charge is 2.55. The smallest absolute Gasteiger partial charge is 0.253 e. The lowest BCUT2D eigenvalue weighted by atomic mass is 9.95. The Hall–Kier alpha value is -6.49. The standard InChI is InChI=1S/C43H54N8O13/c1-51-23-33(56)47-29(17-25-20-44-28-15-10-9-14-27(25)28)40(60)46-22-32(55)45-21-26(52)18-31(54)48-35(36(58)30(53)16-8-4-7-13-24-11-5-3-6-12-24)37(59)41(61)49-39-38(64-2)42(62)50-43(39,63)19-34(51)57/h3-15,20,26,29-30,35-39,44,52-53,58-59,63H,16-19,21-23H2,1-2H3,(H,45,55)(H,46,60)(H,47,56)(H,48,54)(H,49,61)(H,50,62)/b8-4?,13-7+/t26-,29+,30-,35+,36+,37-,38+,39-,43-/m0/s1. The lowest BCUT2D eigenvalue weighted by Crippen LogP contribution is -2.64. The second kappa shape index (κ2) is 22.2. The average molecular weight is 891 g/mol. The number of para-hydroxylation sites is 1. The molecule has 9 atom stereocenters. The van der Waals surface area contributed by atoms with Crippen molar-refractivity contribution in [2.24, 2.45) is 0 Å². The van der Waals surface area contributed by atoms with Gasteiger partial charge >= 0.3 is 0 Å². The van der Waals surface area contributed by atoms with Gasteiger partial charge in [0.1, 0.15) is 18.2 Å². The summed E-state index contributed by atoms with van der Waals surface area (Å²) in [6, 6.07) is 11.4. The van der Waals surface area contributed by atoms with Crippen molar-refractivity contribution in [3.8, 4) is 0 Å². The maximum absolute atomic E-state index is 13.7. The summed E-state index contributed by atoms with van der Waals surface area (Å²) in [5, 5.41) is 70.8. The number of nitrogens with zero attached hydrogens (tertiary/aromatic N) is 1. The van der Waals surface area contributed by atoms with Crippen LogP contribution in [0.3, 0.4) is 0 Å². The molecule has 21 nitrogen and oxygen atoms in total. The van der Waals surface area contributed by atoms with E-state index in [1.165, 1.54) is 13.1 Å². The molecule has 12 N–H and O–H groups in total. The highest BCUT2D eigenvalue weighted by Crippen LogP contribution is 2.26. The van der Waals surface area contributed by atoms with Crippen LogP contribution in [0, 0.1) is 0 Å².